The number of rotatable bonds is 8. The predicted octanol–water partition coefficient (Wildman–Crippen LogP) is 5.18. The zero-order valence-corrected chi connectivity index (χ0v) is 35.7. The van der Waals surface area contributed by atoms with Crippen LogP contribution in [-0.2, 0) is 36.1 Å². The molecule has 3 heteroatoms. The summed E-state index contributed by atoms with van der Waals surface area (Å²) >= 11 is 1.46. The van der Waals surface area contributed by atoms with Crippen molar-refractivity contribution >= 4 is 20.4 Å². The molecular weight excluding hydrogens is 799 g/mol. The van der Waals surface area contributed by atoms with Gasteiger partial charge in [-0.2, -0.15) is 0 Å². The van der Waals surface area contributed by atoms with Crippen LogP contribution in [0.4, 0.5) is 0 Å². The van der Waals surface area contributed by atoms with Crippen molar-refractivity contribution in [3.8, 4) is 11.1 Å². The first-order valence-electron chi connectivity index (χ1n) is 19.1. The summed E-state index contributed by atoms with van der Waals surface area (Å²) in [6, 6.07) is 58.9. The van der Waals surface area contributed by atoms with Gasteiger partial charge in [-0.25, -0.2) is 0 Å². The summed E-state index contributed by atoms with van der Waals surface area (Å²) in [7, 11) is 0. The summed E-state index contributed by atoms with van der Waals surface area (Å²) in [6.45, 7) is 4.60. The quantitative estimate of drug-likeness (QED) is 0.186. The third-order valence-electron chi connectivity index (χ3n) is 11.0. The zero-order chi connectivity index (χ0) is 36.9. The fourth-order valence-electron chi connectivity index (χ4n) is 8.41. The molecule has 0 fully saturated rings. The van der Waals surface area contributed by atoms with Crippen LogP contribution in [0.1, 0.15) is 54.5 Å². The van der Waals surface area contributed by atoms with Crippen molar-refractivity contribution < 1.29 is 49.0 Å². The monoisotopic (exact) mass is 839 g/mol. The van der Waals surface area contributed by atoms with Gasteiger partial charge in [0.1, 0.15) is 0 Å². The molecule has 9 rings (SSSR count). The average molecular weight is 842 g/mol. The van der Waals surface area contributed by atoms with E-state index in [0.29, 0.717) is 0 Å². The van der Waals surface area contributed by atoms with Crippen molar-refractivity contribution in [1.82, 2.24) is 0 Å². The van der Waals surface area contributed by atoms with Gasteiger partial charge in [0.05, 0.1) is 0 Å². The summed E-state index contributed by atoms with van der Waals surface area (Å²) in [4.78, 5) is 0. The van der Waals surface area contributed by atoms with E-state index >= 15 is 0 Å². The van der Waals surface area contributed by atoms with Crippen LogP contribution in [0.2, 0.25) is 0 Å². The molecule has 1 atom stereocenters. The van der Waals surface area contributed by atoms with E-state index in [-0.39, 0.29) is 30.2 Å². The molecule has 274 valence electrons. The minimum absolute atomic E-state index is 0. The van der Waals surface area contributed by atoms with Crippen LogP contribution in [-0.4, -0.2) is 3.21 Å². The Balaban J connectivity index is 0.000000282. The Bertz CT molecular complexity index is 2530. The maximum absolute atomic E-state index is 4.01. The van der Waals surface area contributed by atoms with Gasteiger partial charge in [0.2, 0.25) is 0 Å². The first-order valence-corrected chi connectivity index (χ1v) is 20.4. The third kappa shape index (κ3) is 7.84. The fraction of sp³-hybridized carbons (Fsp3) is 0.113. The first-order chi connectivity index (χ1) is 26.6. The van der Waals surface area contributed by atoms with Gasteiger partial charge in [0, 0.05) is 5.41 Å². The topological polar surface area (TPSA) is 0 Å². The van der Waals surface area contributed by atoms with Gasteiger partial charge >= 0.3 is 99.2 Å². The van der Waals surface area contributed by atoms with Gasteiger partial charge in [-0.3, -0.25) is 0 Å². The van der Waals surface area contributed by atoms with Gasteiger partial charge < -0.3 is 24.8 Å². The molecule has 0 saturated heterocycles. The second-order valence-electron chi connectivity index (χ2n) is 14.1. The van der Waals surface area contributed by atoms with Crippen LogP contribution in [0.3, 0.4) is 0 Å². The number of hydrogen-bond acceptors (Lipinski definition) is 0. The molecule has 0 radical (unpaired) electrons. The molecule has 0 amide bonds. The van der Waals surface area contributed by atoms with Gasteiger partial charge in [-0.05, 0) is 41.5 Å². The van der Waals surface area contributed by atoms with E-state index in [0.717, 1.165) is 19.3 Å². The van der Waals surface area contributed by atoms with Crippen LogP contribution >= 0.6 is 0 Å². The molecular formula is C53H43Cl2Zr-. The van der Waals surface area contributed by atoms with E-state index in [1.54, 1.807) is 0 Å². The van der Waals surface area contributed by atoms with Crippen LogP contribution < -0.4 is 35.3 Å². The van der Waals surface area contributed by atoms with Crippen LogP contribution in [0, 0.1) is 0 Å². The van der Waals surface area contributed by atoms with Crippen molar-refractivity contribution in [3.63, 3.8) is 0 Å². The van der Waals surface area contributed by atoms with Gasteiger partial charge in [-0.15, -0.1) is 33.7 Å². The zero-order valence-electron chi connectivity index (χ0n) is 31.8. The average Bonchev–Trinajstić information content (AvgIpc) is 3.92. The molecule has 6 aromatic rings. The van der Waals surface area contributed by atoms with Crippen LogP contribution in [0.15, 0.2) is 205 Å². The van der Waals surface area contributed by atoms with E-state index in [9.17, 15) is 0 Å². The summed E-state index contributed by atoms with van der Waals surface area (Å²) < 4.78 is 1.42. The Morgan fingerprint density at radius 1 is 0.661 bits per heavy atom. The molecule has 0 aromatic heterocycles. The number of hydrogen-bond donors (Lipinski definition) is 0. The molecule has 6 aromatic carbocycles. The third-order valence-corrected chi connectivity index (χ3v) is 12.4. The normalized spacial score (nSPS) is 16.2. The molecule has 3 aliphatic carbocycles. The molecule has 0 aliphatic heterocycles. The van der Waals surface area contributed by atoms with E-state index in [4.69, 9.17) is 0 Å². The molecule has 3 aliphatic rings. The number of benzene rings is 6. The Morgan fingerprint density at radius 3 is 1.71 bits per heavy atom. The Labute approximate surface area is 359 Å². The van der Waals surface area contributed by atoms with Crippen LogP contribution in [0.5, 0.6) is 0 Å². The Kier molecular flexibility index (Phi) is 13.6. The number of halogens is 2. The van der Waals surface area contributed by atoms with E-state index in [2.05, 4.69) is 208 Å². The van der Waals surface area contributed by atoms with Gasteiger partial charge in [0.25, 0.3) is 0 Å². The van der Waals surface area contributed by atoms with Crippen molar-refractivity contribution in [3.05, 3.63) is 243 Å². The van der Waals surface area contributed by atoms with E-state index in [1.165, 1.54) is 105 Å². The van der Waals surface area contributed by atoms with Crippen LogP contribution in [0.25, 0.3) is 28.3 Å². The fourth-order valence-corrected chi connectivity index (χ4v) is 9.23. The molecule has 0 nitrogen and oxygen atoms in total. The molecule has 0 spiro atoms. The summed E-state index contributed by atoms with van der Waals surface area (Å²) in [5, 5.41) is 2.53. The Hall–Kier alpha value is -4.65. The molecule has 0 bridgehead atoms. The molecule has 0 N–H and O–H groups in total. The summed E-state index contributed by atoms with van der Waals surface area (Å²) in [5.74, 6) is 0. The molecule has 0 saturated carbocycles. The van der Waals surface area contributed by atoms with Gasteiger partial charge in [-0.1, -0.05) is 157 Å². The minimum atomic E-state index is -0.283. The standard InChI is InChI=1S/C40H33.C13H10.2ClH.Zr/c1-3-28-24-32-26-36-35(38(32)34(25-28)29-16-8-5-9-17-29)27-37(30-18-10-6-11-19-30)40(4-2,33-22-12-7-13-23-33)39(36)31-20-14-15-21-31;1-3-7-12(8-4-1)11-13-9-5-2-6-10-13;;;/h5-20,22-25,27H,3-4,21H2,1-2H3;1-10H;2*1H;/q-1;;;;+2/p-2. The van der Waals surface area contributed by atoms with Crippen molar-refractivity contribution in [2.45, 2.75) is 38.5 Å². The second kappa shape index (κ2) is 18.5. The number of allylic oxidation sites excluding steroid dienone is 8. The van der Waals surface area contributed by atoms with Crippen molar-refractivity contribution in [2.24, 2.45) is 0 Å². The first kappa shape index (κ1) is 41.0. The molecule has 56 heavy (non-hydrogen) atoms. The van der Waals surface area contributed by atoms with E-state index in [1.807, 2.05) is 0 Å². The van der Waals surface area contributed by atoms with Crippen molar-refractivity contribution in [2.75, 3.05) is 0 Å². The maximum atomic E-state index is 4.01. The summed E-state index contributed by atoms with van der Waals surface area (Å²) in [5.41, 5.74) is 15.7. The molecule has 0 heterocycles. The summed E-state index contributed by atoms with van der Waals surface area (Å²) in [6.07, 6.45) is 16.3. The van der Waals surface area contributed by atoms with E-state index < -0.39 is 0 Å². The SMILES string of the molecule is CCc1cc(-c2ccccc2)c2c(c1)=[C-]C1=C(C3=CC=CC3)C(CC)(c3ccccc3)C(c3ccccc3)=CC=21.[Cl-].[Cl-].[Zr+2]=[C](c1ccccc1)c1ccccc1. The second-order valence-corrected chi connectivity index (χ2v) is 15.3. The van der Waals surface area contributed by atoms with Crippen molar-refractivity contribution in [1.29, 1.82) is 0 Å². The number of fused-ring (bicyclic) bond motifs is 2. The number of aryl methyl sites for hydroxylation is 1. The molecule has 1 unspecified atom stereocenters. The Morgan fingerprint density at radius 2 is 1.20 bits per heavy atom. The predicted molar refractivity (Wildman–Crippen MR) is 225 cm³/mol. The van der Waals surface area contributed by atoms with Gasteiger partial charge in [0.15, 0.2) is 0 Å².